The first-order chi connectivity index (χ1) is 13.5. The number of carboxylic acid groups (broad SMARTS) is 1. The summed E-state index contributed by atoms with van der Waals surface area (Å²) in [6, 6.07) is 7.65. The molecule has 1 aliphatic rings. The number of hydrogen-bond acceptors (Lipinski definition) is 6. The second kappa shape index (κ2) is 11.1. The van der Waals surface area contributed by atoms with Crippen LogP contribution in [-0.4, -0.2) is 48.2 Å². The Morgan fingerprint density at radius 3 is 2.71 bits per heavy atom. The molecular weight excluding hydrogens is 360 g/mol. The monoisotopic (exact) mass is 388 g/mol. The molecule has 2 heterocycles. The van der Waals surface area contributed by atoms with Gasteiger partial charge in [0.1, 0.15) is 18.2 Å². The molecule has 2 aromatic rings. The highest BCUT2D eigenvalue weighted by Crippen LogP contribution is 2.23. The molecule has 0 spiro atoms. The van der Waals surface area contributed by atoms with E-state index in [0.29, 0.717) is 19.0 Å². The molecule has 1 fully saturated rings. The Morgan fingerprint density at radius 2 is 2.04 bits per heavy atom. The van der Waals surface area contributed by atoms with Crippen LogP contribution in [0.1, 0.15) is 26.2 Å². The Balaban J connectivity index is 0.000000500. The lowest BCUT2D eigenvalue weighted by Crippen LogP contribution is -2.39. The number of ether oxygens (including phenoxy) is 1. The molecule has 0 aliphatic carbocycles. The zero-order valence-electron chi connectivity index (χ0n) is 16.1. The molecule has 0 unspecified atom stereocenters. The minimum absolute atomic E-state index is 0.127. The standard InChI is InChI=1S/C17H22N4O2.C3H6O2/c18-16-15-11-14(2-1-12(15)5-8-20-16)23-10-9-21-17(22)13-3-6-19-7-4-13;1-2-3(4)5/h1-2,5,8,11,13,19H,3-4,6-7,9-10H2,(H2,18,20)(H,21,22);2H2,1H3,(H,4,5). The van der Waals surface area contributed by atoms with Gasteiger partial charge in [0.2, 0.25) is 5.91 Å². The van der Waals surface area contributed by atoms with Gasteiger partial charge in [0, 0.05) is 23.9 Å². The lowest BCUT2D eigenvalue weighted by atomic mass is 9.97. The number of anilines is 1. The number of amides is 1. The summed E-state index contributed by atoms with van der Waals surface area (Å²) >= 11 is 0. The first-order valence-corrected chi connectivity index (χ1v) is 9.48. The molecule has 0 radical (unpaired) electrons. The summed E-state index contributed by atoms with van der Waals surface area (Å²) in [5.74, 6) is 0.732. The van der Waals surface area contributed by atoms with Crippen molar-refractivity contribution in [2.45, 2.75) is 26.2 Å². The van der Waals surface area contributed by atoms with Crippen LogP contribution in [0, 0.1) is 5.92 Å². The van der Waals surface area contributed by atoms with Crippen molar-refractivity contribution in [3.63, 3.8) is 0 Å². The lowest BCUT2D eigenvalue weighted by Gasteiger charge is -2.21. The number of fused-ring (bicyclic) bond motifs is 1. The summed E-state index contributed by atoms with van der Waals surface area (Å²) in [5.41, 5.74) is 5.87. The van der Waals surface area contributed by atoms with Crippen molar-refractivity contribution in [1.82, 2.24) is 15.6 Å². The smallest absolute Gasteiger partial charge is 0.303 e. The maximum atomic E-state index is 12.0. The fourth-order valence-electron chi connectivity index (χ4n) is 2.83. The maximum Gasteiger partial charge on any atom is 0.303 e. The molecule has 8 heteroatoms. The number of hydrogen-bond donors (Lipinski definition) is 4. The van der Waals surface area contributed by atoms with E-state index < -0.39 is 5.97 Å². The van der Waals surface area contributed by atoms with Gasteiger partial charge in [-0.3, -0.25) is 9.59 Å². The number of aliphatic carboxylic acids is 1. The van der Waals surface area contributed by atoms with Crippen LogP contribution in [0.2, 0.25) is 0 Å². The highest BCUT2D eigenvalue weighted by Gasteiger charge is 2.20. The van der Waals surface area contributed by atoms with Gasteiger partial charge in [0.25, 0.3) is 0 Å². The minimum Gasteiger partial charge on any atom is -0.492 e. The van der Waals surface area contributed by atoms with E-state index in [0.717, 1.165) is 42.5 Å². The topological polar surface area (TPSA) is 127 Å². The zero-order valence-corrected chi connectivity index (χ0v) is 16.1. The Labute approximate surface area is 164 Å². The van der Waals surface area contributed by atoms with E-state index in [2.05, 4.69) is 15.6 Å². The van der Waals surface area contributed by atoms with E-state index in [1.54, 1.807) is 13.1 Å². The molecule has 152 valence electrons. The van der Waals surface area contributed by atoms with E-state index in [-0.39, 0.29) is 18.2 Å². The number of nitrogens with one attached hydrogen (secondary N) is 2. The first-order valence-electron chi connectivity index (χ1n) is 9.48. The average molecular weight is 388 g/mol. The Kier molecular flexibility index (Phi) is 8.48. The van der Waals surface area contributed by atoms with Crippen molar-refractivity contribution in [2.24, 2.45) is 5.92 Å². The van der Waals surface area contributed by atoms with Gasteiger partial charge in [-0.05, 0) is 49.5 Å². The average Bonchev–Trinajstić information content (AvgIpc) is 2.72. The molecule has 3 rings (SSSR count). The third kappa shape index (κ3) is 6.70. The zero-order chi connectivity index (χ0) is 20.4. The van der Waals surface area contributed by atoms with Crippen LogP contribution >= 0.6 is 0 Å². The van der Waals surface area contributed by atoms with E-state index in [1.165, 1.54) is 0 Å². The summed E-state index contributed by atoms with van der Waals surface area (Å²) < 4.78 is 5.70. The number of rotatable bonds is 6. The maximum absolute atomic E-state index is 12.0. The normalized spacial score (nSPS) is 14.0. The van der Waals surface area contributed by atoms with Gasteiger partial charge in [-0.1, -0.05) is 13.0 Å². The van der Waals surface area contributed by atoms with Crippen LogP contribution in [0.25, 0.3) is 10.8 Å². The molecule has 28 heavy (non-hydrogen) atoms. The van der Waals surface area contributed by atoms with Crippen molar-refractivity contribution < 1.29 is 19.4 Å². The molecule has 8 nitrogen and oxygen atoms in total. The third-order valence-electron chi connectivity index (χ3n) is 4.45. The van der Waals surface area contributed by atoms with Crippen LogP contribution < -0.4 is 21.1 Å². The number of carboxylic acids is 1. The number of nitrogen functional groups attached to an aromatic ring is 1. The molecule has 0 atom stereocenters. The van der Waals surface area contributed by atoms with Crippen molar-refractivity contribution in [1.29, 1.82) is 0 Å². The number of nitrogens with zero attached hydrogens (tertiary/aromatic N) is 1. The highest BCUT2D eigenvalue weighted by atomic mass is 16.5. The quantitative estimate of drug-likeness (QED) is 0.556. The van der Waals surface area contributed by atoms with E-state index >= 15 is 0 Å². The summed E-state index contributed by atoms with van der Waals surface area (Å²) in [6.07, 6.45) is 3.72. The second-order valence-electron chi connectivity index (χ2n) is 6.49. The van der Waals surface area contributed by atoms with E-state index in [1.807, 2.05) is 24.3 Å². The first kappa shape index (κ1) is 21.4. The van der Waals surface area contributed by atoms with Crippen LogP contribution in [0.4, 0.5) is 5.82 Å². The summed E-state index contributed by atoms with van der Waals surface area (Å²) in [7, 11) is 0. The summed E-state index contributed by atoms with van der Waals surface area (Å²) in [5, 5.41) is 15.8. The van der Waals surface area contributed by atoms with Gasteiger partial charge in [-0.25, -0.2) is 4.98 Å². The van der Waals surface area contributed by atoms with Crippen LogP contribution in [0.3, 0.4) is 0 Å². The third-order valence-corrected chi connectivity index (χ3v) is 4.45. The van der Waals surface area contributed by atoms with Gasteiger partial charge in [0.05, 0.1) is 6.54 Å². The van der Waals surface area contributed by atoms with Gasteiger partial charge in [-0.15, -0.1) is 0 Å². The molecule has 1 aromatic heterocycles. The van der Waals surface area contributed by atoms with Crippen molar-refractivity contribution in [3.8, 4) is 5.75 Å². The molecular formula is C20H28N4O4. The molecule has 0 saturated carbocycles. The molecule has 1 amide bonds. The Hall–Kier alpha value is -2.87. The molecule has 0 bridgehead atoms. The van der Waals surface area contributed by atoms with Gasteiger partial charge >= 0.3 is 5.97 Å². The summed E-state index contributed by atoms with van der Waals surface area (Å²) in [6.45, 7) is 4.37. The van der Waals surface area contributed by atoms with E-state index in [4.69, 9.17) is 15.6 Å². The van der Waals surface area contributed by atoms with Gasteiger partial charge in [-0.2, -0.15) is 0 Å². The Morgan fingerprint density at radius 1 is 1.32 bits per heavy atom. The number of benzene rings is 1. The second-order valence-corrected chi connectivity index (χ2v) is 6.49. The largest absolute Gasteiger partial charge is 0.492 e. The molecule has 1 saturated heterocycles. The van der Waals surface area contributed by atoms with Crippen LogP contribution in [0.5, 0.6) is 5.75 Å². The summed E-state index contributed by atoms with van der Waals surface area (Å²) in [4.78, 5) is 25.5. The number of carbonyl (C=O) groups is 2. The van der Waals surface area contributed by atoms with Crippen LogP contribution in [0.15, 0.2) is 30.5 Å². The SMILES string of the molecule is CCC(=O)O.Nc1nccc2ccc(OCCNC(=O)C3CCNCC3)cc12. The number of aromatic nitrogens is 1. The van der Waals surface area contributed by atoms with Gasteiger partial charge < -0.3 is 26.2 Å². The number of carbonyl (C=O) groups excluding carboxylic acids is 1. The van der Waals surface area contributed by atoms with E-state index in [9.17, 15) is 9.59 Å². The Bertz CT molecular complexity index is 791. The number of piperidine rings is 1. The van der Waals surface area contributed by atoms with Crippen molar-refractivity contribution in [3.05, 3.63) is 30.5 Å². The predicted molar refractivity (Wildman–Crippen MR) is 108 cm³/mol. The number of nitrogens with two attached hydrogens (primary N) is 1. The van der Waals surface area contributed by atoms with Gasteiger partial charge in [0.15, 0.2) is 0 Å². The fourth-order valence-corrected chi connectivity index (χ4v) is 2.83. The van der Waals surface area contributed by atoms with Crippen molar-refractivity contribution in [2.75, 3.05) is 32.0 Å². The fraction of sp³-hybridized carbons (Fsp3) is 0.450. The molecule has 1 aromatic carbocycles. The van der Waals surface area contributed by atoms with Crippen molar-refractivity contribution >= 4 is 28.5 Å². The number of pyridine rings is 1. The lowest BCUT2D eigenvalue weighted by molar-refractivity contribution is -0.136. The minimum atomic E-state index is -0.745. The molecule has 1 aliphatic heterocycles. The van der Waals surface area contributed by atoms with Crippen LogP contribution in [-0.2, 0) is 9.59 Å². The molecule has 5 N–H and O–H groups in total. The predicted octanol–water partition coefficient (Wildman–Crippen LogP) is 1.79. The highest BCUT2D eigenvalue weighted by molar-refractivity contribution is 5.91.